The Hall–Kier alpha value is -1.84. The molecule has 1 saturated heterocycles. The number of carboxylic acid groups (broad SMARTS) is 1. The summed E-state index contributed by atoms with van der Waals surface area (Å²) in [6, 6.07) is 5.25. The summed E-state index contributed by atoms with van der Waals surface area (Å²) in [5, 5.41) is 9.83. The second-order valence-corrected chi connectivity index (χ2v) is 8.41. The van der Waals surface area contributed by atoms with Gasteiger partial charge in [0.1, 0.15) is 12.0 Å². The van der Waals surface area contributed by atoms with E-state index >= 15 is 0 Å². The fourth-order valence-corrected chi connectivity index (χ4v) is 4.61. The van der Waals surface area contributed by atoms with Crippen LogP contribution >= 0.6 is 0 Å². The highest BCUT2D eigenvalue weighted by atomic mass is 32.2. The third-order valence-corrected chi connectivity index (χ3v) is 6.66. The molecule has 2 aliphatic heterocycles. The molecule has 132 valence electrons. The second kappa shape index (κ2) is 5.61. The number of methoxy groups -OCH3 is 1. The molecule has 2 aliphatic rings. The summed E-state index contributed by atoms with van der Waals surface area (Å²) < 4.78 is 38.2. The zero-order valence-corrected chi connectivity index (χ0v) is 14.5. The Labute approximate surface area is 140 Å². The SMILES string of the molecule is COc1cccc2c1OC[C@]1(C(=O)O)CN(S(=O)(=O)N(C)C)C[C@H]21. The number of nitrogens with zero attached hydrogens (tertiary/aromatic N) is 2. The van der Waals surface area contributed by atoms with Crippen LogP contribution in [0.25, 0.3) is 0 Å². The average molecular weight is 356 g/mol. The largest absolute Gasteiger partial charge is 0.493 e. The highest BCUT2D eigenvalue weighted by molar-refractivity contribution is 7.86. The van der Waals surface area contributed by atoms with E-state index in [4.69, 9.17) is 9.47 Å². The van der Waals surface area contributed by atoms with Crippen LogP contribution < -0.4 is 9.47 Å². The lowest BCUT2D eigenvalue weighted by molar-refractivity contribution is -0.151. The maximum atomic E-state index is 12.5. The van der Waals surface area contributed by atoms with Gasteiger partial charge in [-0.3, -0.25) is 4.79 Å². The van der Waals surface area contributed by atoms with Gasteiger partial charge in [0.05, 0.1) is 7.11 Å². The van der Waals surface area contributed by atoms with Crippen LogP contribution in [0.5, 0.6) is 11.5 Å². The number of para-hydroxylation sites is 1. The number of aliphatic carboxylic acids is 1. The van der Waals surface area contributed by atoms with Crippen LogP contribution in [0.3, 0.4) is 0 Å². The molecule has 1 N–H and O–H groups in total. The van der Waals surface area contributed by atoms with Crippen molar-refractivity contribution in [3.8, 4) is 11.5 Å². The number of fused-ring (bicyclic) bond motifs is 3. The van der Waals surface area contributed by atoms with Crippen LogP contribution in [0.1, 0.15) is 11.5 Å². The van der Waals surface area contributed by atoms with Crippen molar-refractivity contribution in [2.24, 2.45) is 5.41 Å². The monoisotopic (exact) mass is 356 g/mol. The molecule has 9 heteroatoms. The standard InChI is InChI=1S/C15H20N2O6S/c1-16(2)24(20,21)17-7-11-10-5-4-6-12(22-3)13(10)23-9-15(11,8-17)14(18)19/h4-6,11H,7-9H2,1-3H3,(H,18,19)/t11-,15-/m1/s1. The smallest absolute Gasteiger partial charge is 0.315 e. The number of benzene rings is 1. The lowest BCUT2D eigenvalue weighted by Crippen LogP contribution is -2.47. The van der Waals surface area contributed by atoms with Crippen molar-refractivity contribution in [3.05, 3.63) is 23.8 Å². The number of carboxylic acids is 1. The summed E-state index contributed by atoms with van der Waals surface area (Å²) in [6.45, 7) is -0.125. The lowest BCUT2D eigenvalue weighted by atomic mass is 9.73. The molecule has 0 aromatic heterocycles. The molecule has 24 heavy (non-hydrogen) atoms. The minimum absolute atomic E-state index is 0.0936. The summed E-state index contributed by atoms with van der Waals surface area (Å²) in [5.74, 6) is -0.549. The zero-order valence-electron chi connectivity index (χ0n) is 13.7. The van der Waals surface area contributed by atoms with E-state index in [9.17, 15) is 18.3 Å². The Balaban J connectivity index is 2.10. The Morgan fingerprint density at radius 1 is 1.46 bits per heavy atom. The fourth-order valence-electron chi connectivity index (χ4n) is 3.42. The molecule has 8 nitrogen and oxygen atoms in total. The topological polar surface area (TPSA) is 96.4 Å². The number of ether oxygens (including phenoxy) is 2. The van der Waals surface area contributed by atoms with E-state index < -0.39 is 27.5 Å². The van der Waals surface area contributed by atoms with E-state index in [0.717, 1.165) is 4.31 Å². The Morgan fingerprint density at radius 3 is 2.75 bits per heavy atom. The van der Waals surface area contributed by atoms with E-state index in [1.165, 1.54) is 25.5 Å². The van der Waals surface area contributed by atoms with Gasteiger partial charge in [-0.05, 0) is 6.07 Å². The molecule has 2 atom stereocenters. The van der Waals surface area contributed by atoms with Crippen molar-refractivity contribution in [2.75, 3.05) is 40.9 Å². The Kier molecular flexibility index (Phi) is 3.97. The van der Waals surface area contributed by atoms with Crippen LogP contribution in [0.15, 0.2) is 18.2 Å². The second-order valence-electron chi connectivity index (χ2n) is 6.26. The van der Waals surface area contributed by atoms with Gasteiger partial charge in [-0.1, -0.05) is 12.1 Å². The Morgan fingerprint density at radius 2 is 2.17 bits per heavy atom. The van der Waals surface area contributed by atoms with Gasteiger partial charge in [-0.2, -0.15) is 17.0 Å². The fraction of sp³-hybridized carbons (Fsp3) is 0.533. The van der Waals surface area contributed by atoms with Crippen LogP contribution in [-0.4, -0.2) is 69.0 Å². The number of rotatable bonds is 4. The van der Waals surface area contributed by atoms with Gasteiger partial charge in [0.25, 0.3) is 10.2 Å². The normalized spacial score (nSPS) is 26.6. The predicted molar refractivity (Wildman–Crippen MR) is 85.5 cm³/mol. The molecule has 0 spiro atoms. The molecular formula is C15H20N2O6S. The molecule has 0 radical (unpaired) electrons. The van der Waals surface area contributed by atoms with Crippen molar-refractivity contribution in [1.82, 2.24) is 8.61 Å². The molecular weight excluding hydrogens is 336 g/mol. The molecule has 1 aromatic carbocycles. The molecule has 1 aromatic rings. The molecule has 2 heterocycles. The van der Waals surface area contributed by atoms with Crippen LogP contribution in [0.4, 0.5) is 0 Å². The van der Waals surface area contributed by atoms with Crippen molar-refractivity contribution in [1.29, 1.82) is 0 Å². The summed E-state index contributed by atoms with van der Waals surface area (Å²) in [5.41, 5.74) is -0.637. The number of hydrogen-bond acceptors (Lipinski definition) is 5. The molecule has 0 aliphatic carbocycles. The quantitative estimate of drug-likeness (QED) is 0.837. The molecule has 1 fully saturated rings. The minimum atomic E-state index is -3.71. The van der Waals surface area contributed by atoms with Crippen molar-refractivity contribution in [2.45, 2.75) is 5.92 Å². The third-order valence-electron chi connectivity index (χ3n) is 4.80. The summed E-state index contributed by atoms with van der Waals surface area (Å²) in [4.78, 5) is 12.0. The van der Waals surface area contributed by atoms with Gasteiger partial charge in [-0.25, -0.2) is 0 Å². The highest BCUT2D eigenvalue weighted by Crippen LogP contribution is 2.52. The first-order valence-electron chi connectivity index (χ1n) is 7.44. The van der Waals surface area contributed by atoms with Crippen LogP contribution in [0, 0.1) is 5.41 Å². The first kappa shape index (κ1) is 17.0. The molecule has 0 unspecified atom stereocenters. The van der Waals surface area contributed by atoms with Crippen LogP contribution in [-0.2, 0) is 15.0 Å². The maximum Gasteiger partial charge on any atom is 0.315 e. The van der Waals surface area contributed by atoms with Gasteiger partial charge in [-0.15, -0.1) is 0 Å². The zero-order chi connectivity index (χ0) is 17.7. The molecule has 3 rings (SSSR count). The van der Waals surface area contributed by atoms with Gasteiger partial charge in [0.2, 0.25) is 0 Å². The molecule has 0 amide bonds. The summed E-state index contributed by atoms with van der Waals surface area (Å²) in [6.07, 6.45) is 0. The molecule has 0 saturated carbocycles. The number of hydrogen-bond donors (Lipinski definition) is 1. The predicted octanol–water partition coefficient (Wildman–Crippen LogP) is 0.364. The minimum Gasteiger partial charge on any atom is -0.493 e. The van der Waals surface area contributed by atoms with E-state index in [2.05, 4.69) is 0 Å². The van der Waals surface area contributed by atoms with Crippen LogP contribution in [0.2, 0.25) is 0 Å². The average Bonchev–Trinajstić information content (AvgIpc) is 2.96. The van der Waals surface area contributed by atoms with Crippen molar-refractivity contribution >= 4 is 16.2 Å². The summed E-state index contributed by atoms with van der Waals surface area (Å²) in [7, 11) is 0.659. The van der Waals surface area contributed by atoms with Gasteiger partial charge >= 0.3 is 5.97 Å². The van der Waals surface area contributed by atoms with E-state index in [1.54, 1.807) is 18.2 Å². The number of carbonyl (C=O) groups is 1. The third kappa shape index (κ3) is 2.27. The van der Waals surface area contributed by atoms with E-state index in [0.29, 0.717) is 17.1 Å². The first-order chi connectivity index (χ1) is 11.2. The first-order valence-corrected chi connectivity index (χ1v) is 8.84. The van der Waals surface area contributed by atoms with Crippen molar-refractivity contribution < 1.29 is 27.8 Å². The highest BCUT2D eigenvalue weighted by Gasteiger charge is 2.59. The van der Waals surface area contributed by atoms with Crippen molar-refractivity contribution in [3.63, 3.8) is 0 Å². The summed E-state index contributed by atoms with van der Waals surface area (Å²) >= 11 is 0. The van der Waals surface area contributed by atoms with E-state index in [-0.39, 0.29) is 19.7 Å². The van der Waals surface area contributed by atoms with E-state index in [1.807, 2.05) is 0 Å². The Bertz CT molecular complexity index is 778. The maximum absolute atomic E-state index is 12.5. The van der Waals surface area contributed by atoms with Gasteiger partial charge < -0.3 is 14.6 Å². The van der Waals surface area contributed by atoms with Gasteiger partial charge in [0.15, 0.2) is 11.5 Å². The molecule has 0 bridgehead atoms. The lowest BCUT2D eigenvalue weighted by Gasteiger charge is -2.36. The van der Waals surface area contributed by atoms with Gasteiger partial charge in [0, 0.05) is 38.7 Å².